The third-order valence-electron chi connectivity index (χ3n) is 2.34. The summed E-state index contributed by atoms with van der Waals surface area (Å²) in [6.07, 6.45) is 1.61. The van der Waals surface area contributed by atoms with Gasteiger partial charge in [0.25, 0.3) is 0 Å². The minimum absolute atomic E-state index is 0.165. The van der Waals surface area contributed by atoms with E-state index in [9.17, 15) is 9.59 Å². The fourth-order valence-corrected chi connectivity index (χ4v) is 2.16. The number of urea groups is 1. The number of carbonyl (C=O) groups excluding carboxylic acids is 1. The largest absolute Gasteiger partial charge is 0.480 e. The molecule has 0 aliphatic carbocycles. The number of aromatic nitrogens is 1. The summed E-state index contributed by atoms with van der Waals surface area (Å²) in [5.74, 6) is -0.820. The lowest BCUT2D eigenvalue weighted by molar-refractivity contribution is -0.139. The first-order valence-electron chi connectivity index (χ1n) is 5.80. The average molecular weight is 283 g/mol. The van der Waals surface area contributed by atoms with Gasteiger partial charge in [0.2, 0.25) is 0 Å². The lowest BCUT2D eigenvalue weighted by Crippen LogP contribution is -2.42. The number of carboxylic acids is 1. The molecular weight excluding hydrogens is 266 g/mol. The van der Waals surface area contributed by atoms with Crippen molar-refractivity contribution in [2.24, 2.45) is 0 Å². The fraction of sp³-hybridized carbons (Fsp3) is 0.417. The topological polar surface area (TPSA) is 91.3 Å². The van der Waals surface area contributed by atoms with Crippen molar-refractivity contribution in [3.8, 4) is 0 Å². The number of anilines is 1. The number of rotatable bonds is 6. The van der Waals surface area contributed by atoms with Gasteiger partial charge in [0.15, 0.2) is 5.13 Å². The summed E-state index contributed by atoms with van der Waals surface area (Å²) in [6.45, 7) is 7.46. The predicted molar refractivity (Wildman–Crippen MR) is 74.6 cm³/mol. The Balaban J connectivity index is 2.58. The number of nitrogens with one attached hydrogen (secondary N) is 2. The van der Waals surface area contributed by atoms with Gasteiger partial charge in [-0.05, 0) is 12.3 Å². The Morgan fingerprint density at radius 3 is 2.74 bits per heavy atom. The van der Waals surface area contributed by atoms with E-state index in [0.29, 0.717) is 5.13 Å². The summed E-state index contributed by atoms with van der Waals surface area (Å²) >= 11 is 1.30. The second kappa shape index (κ2) is 6.89. The average Bonchev–Trinajstić information content (AvgIpc) is 2.76. The number of thiazole rings is 1. The number of hydrogen-bond donors (Lipinski definition) is 3. The van der Waals surface area contributed by atoms with Gasteiger partial charge >= 0.3 is 12.0 Å². The summed E-state index contributed by atoms with van der Waals surface area (Å²) in [7, 11) is 0. The van der Waals surface area contributed by atoms with Gasteiger partial charge in [-0.15, -0.1) is 17.9 Å². The highest BCUT2D eigenvalue weighted by molar-refractivity contribution is 7.13. The smallest absolute Gasteiger partial charge is 0.326 e. The summed E-state index contributed by atoms with van der Waals surface area (Å²) in [5.41, 5.74) is 0.890. The quantitative estimate of drug-likeness (QED) is 0.699. The monoisotopic (exact) mass is 283 g/mol. The fourth-order valence-electron chi connectivity index (χ4n) is 1.29. The Labute approximate surface area is 115 Å². The molecule has 1 rings (SSSR count). The van der Waals surface area contributed by atoms with Crippen LogP contribution in [0.15, 0.2) is 18.0 Å². The molecule has 0 fully saturated rings. The summed E-state index contributed by atoms with van der Waals surface area (Å²) < 4.78 is 0. The molecule has 3 N–H and O–H groups in total. The molecule has 1 heterocycles. The molecule has 1 aromatic heterocycles. The van der Waals surface area contributed by atoms with Crippen molar-refractivity contribution in [3.05, 3.63) is 23.7 Å². The molecule has 0 aliphatic rings. The van der Waals surface area contributed by atoms with Gasteiger partial charge in [-0.1, -0.05) is 19.9 Å². The van der Waals surface area contributed by atoms with Gasteiger partial charge in [0, 0.05) is 5.38 Å². The molecule has 0 saturated heterocycles. The van der Waals surface area contributed by atoms with Gasteiger partial charge in [-0.2, -0.15) is 0 Å². The van der Waals surface area contributed by atoms with E-state index in [1.165, 1.54) is 17.4 Å². The van der Waals surface area contributed by atoms with Crippen LogP contribution < -0.4 is 10.6 Å². The van der Waals surface area contributed by atoms with Crippen molar-refractivity contribution in [2.45, 2.75) is 32.2 Å². The van der Waals surface area contributed by atoms with Crippen molar-refractivity contribution >= 4 is 28.5 Å². The van der Waals surface area contributed by atoms with Crippen LogP contribution in [0, 0.1) is 0 Å². The van der Waals surface area contributed by atoms with Gasteiger partial charge in [-0.25, -0.2) is 14.6 Å². The molecule has 0 aliphatic heterocycles. The van der Waals surface area contributed by atoms with E-state index in [2.05, 4.69) is 22.2 Å². The van der Waals surface area contributed by atoms with Crippen molar-refractivity contribution in [2.75, 3.05) is 5.32 Å². The number of amides is 2. The highest BCUT2D eigenvalue weighted by Crippen LogP contribution is 2.21. The van der Waals surface area contributed by atoms with Crippen LogP contribution in [0.25, 0.3) is 0 Å². The number of carbonyl (C=O) groups is 2. The maximum absolute atomic E-state index is 11.6. The zero-order chi connectivity index (χ0) is 14.4. The Morgan fingerprint density at radius 1 is 1.58 bits per heavy atom. The van der Waals surface area contributed by atoms with E-state index >= 15 is 0 Å². The van der Waals surface area contributed by atoms with Crippen LogP contribution in [0.2, 0.25) is 0 Å². The maximum Gasteiger partial charge on any atom is 0.326 e. The first-order valence-corrected chi connectivity index (χ1v) is 6.68. The van der Waals surface area contributed by atoms with Crippen LogP contribution in [0.1, 0.15) is 31.9 Å². The zero-order valence-electron chi connectivity index (χ0n) is 10.8. The van der Waals surface area contributed by atoms with E-state index in [1.54, 1.807) is 0 Å². The van der Waals surface area contributed by atoms with Crippen LogP contribution in [0.4, 0.5) is 9.93 Å². The van der Waals surface area contributed by atoms with Crippen LogP contribution in [0.5, 0.6) is 0 Å². The molecule has 0 saturated carbocycles. The first kappa shape index (κ1) is 15.2. The SMILES string of the molecule is C=CCC(NC(=O)Nc1nc(C(C)C)cs1)C(=O)O. The van der Waals surface area contributed by atoms with Crippen LogP contribution >= 0.6 is 11.3 Å². The zero-order valence-corrected chi connectivity index (χ0v) is 11.7. The molecular formula is C12H17N3O3S. The molecule has 19 heavy (non-hydrogen) atoms. The molecule has 0 aromatic carbocycles. The maximum atomic E-state index is 11.6. The second-order valence-electron chi connectivity index (χ2n) is 4.25. The van der Waals surface area contributed by atoms with Crippen LogP contribution in [0.3, 0.4) is 0 Å². The highest BCUT2D eigenvalue weighted by Gasteiger charge is 2.18. The highest BCUT2D eigenvalue weighted by atomic mass is 32.1. The molecule has 0 bridgehead atoms. The summed E-state index contributed by atoms with van der Waals surface area (Å²) in [5, 5.41) is 16.1. The third-order valence-corrected chi connectivity index (χ3v) is 3.12. The standard InChI is InChI=1S/C12H17N3O3S/c1-4-5-8(10(16)17)13-11(18)15-12-14-9(6-19-12)7(2)3/h4,6-8H,1,5H2,2-3H3,(H,16,17)(H2,13,14,15,18). The molecule has 2 amide bonds. The number of hydrogen-bond acceptors (Lipinski definition) is 4. The third kappa shape index (κ3) is 4.70. The normalized spacial score (nSPS) is 11.9. The van der Waals surface area contributed by atoms with Gasteiger partial charge < -0.3 is 10.4 Å². The molecule has 1 aromatic rings. The van der Waals surface area contributed by atoms with E-state index in [-0.39, 0.29) is 12.3 Å². The van der Waals surface area contributed by atoms with E-state index < -0.39 is 18.0 Å². The lowest BCUT2D eigenvalue weighted by Gasteiger charge is -2.12. The Bertz CT molecular complexity index is 471. The lowest BCUT2D eigenvalue weighted by atomic mass is 10.2. The minimum atomic E-state index is -1.10. The van der Waals surface area contributed by atoms with E-state index in [1.807, 2.05) is 19.2 Å². The molecule has 6 nitrogen and oxygen atoms in total. The van der Waals surface area contributed by atoms with Crippen molar-refractivity contribution in [1.82, 2.24) is 10.3 Å². The number of aliphatic carboxylic acids is 1. The molecule has 1 unspecified atom stereocenters. The van der Waals surface area contributed by atoms with Crippen LogP contribution in [-0.2, 0) is 4.79 Å². The minimum Gasteiger partial charge on any atom is -0.480 e. The van der Waals surface area contributed by atoms with Crippen molar-refractivity contribution < 1.29 is 14.7 Å². The van der Waals surface area contributed by atoms with Crippen molar-refractivity contribution in [3.63, 3.8) is 0 Å². The van der Waals surface area contributed by atoms with Crippen molar-refractivity contribution in [1.29, 1.82) is 0 Å². The molecule has 104 valence electrons. The second-order valence-corrected chi connectivity index (χ2v) is 5.10. The molecule has 1 atom stereocenters. The first-order chi connectivity index (χ1) is 8.93. The van der Waals surface area contributed by atoms with E-state index in [0.717, 1.165) is 5.69 Å². The number of nitrogens with zero attached hydrogens (tertiary/aromatic N) is 1. The van der Waals surface area contributed by atoms with Gasteiger partial charge in [0.1, 0.15) is 6.04 Å². The predicted octanol–water partition coefficient (Wildman–Crippen LogP) is 2.42. The van der Waals surface area contributed by atoms with Gasteiger partial charge in [-0.3, -0.25) is 5.32 Å². The Morgan fingerprint density at radius 2 is 2.26 bits per heavy atom. The molecule has 0 radical (unpaired) electrons. The molecule has 0 spiro atoms. The van der Waals surface area contributed by atoms with Gasteiger partial charge in [0.05, 0.1) is 5.69 Å². The molecule has 7 heteroatoms. The summed E-state index contributed by atoms with van der Waals surface area (Å²) in [4.78, 5) is 26.7. The summed E-state index contributed by atoms with van der Waals surface area (Å²) in [6, 6.07) is -1.57. The number of carboxylic acid groups (broad SMARTS) is 1. The van der Waals surface area contributed by atoms with E-state index in [4.69, 9.17) is 5.11 Å². The Kier molecular flexibility index (Phi) is 5.50. The Hall–Kier alpha value is -1.89. The van der Waals surface area contributed by atoms with Crippen LogP contribution in [-0.4, -0.2) is 28.1 Å².